The summed E-state index contributed by atoms with van der Waals surface area (Å²) in [5, 5.41) is 5.85. The van der Waals surface area contributed by atoms with Crippen LogP contribution in [0.3, 0.4) is 0 Å². The highest BCUT2D eigenvalue weighted by Crippen LogP contribution is 2.18. The fourth-order valence-electron chi connectivity index (χ4n) is 2.31. The van der Waals surface area contributed by atoms with E-state index in [9.17, 15) is 9.59 Å². The highest BCUT2D eigenvalue weighted by Gasteiger charge is 2.06. The van der Waals surface area contributed by atoms with Gasteiger partial charge < -0.3 is 20.1 Å². The lowest BCUT2D eigenvalue weighted by atomic mass is 10.1. The van der Waals surface area contributed by atoms with Gasteiger partial charge in [0.1, 0.15) is 5.75 Å². The summed E-state index contributed by atoms with van der Waals surface area (Å²) in [5.41, 5.74) is 1.88. The number of esters is 1. The minimum atomic E-state index is -0.394. The van der Waals surface area contributed by atoms with Gasteiger partial charge in [0.15, 0.2) is 0 Å². The first-order valence-corrected chi connectivity index (χ1v) is 8.93. The molecule has 0 atom stereocenters. The molecule has 144 valence electrons. The van der Waals surface area contributed by atoms with E-state index in [0.29, 0.717) is 23.8 Å². The normalized spacial score (nSPS) is 10.4. The minimum Gasteiger partial charge on any atom is -0.494 e. The average Bonchev–Trinajstić information content (AvgIpc) is 2.66. The summed E-state index contributed by atoms with van der Waals surface area (Å²) in [6, 6.07) is 14.1. The van der Waals surface area contributed by atoms with Gasteiger partial charge in [0.25, 0.3) is 0 Å². The number of rotatable bonds is 9. The SMILES string of the molecule is COC(=O)c1ccc(NCC(=O)Nc2cccc(OCCC(C)C)c2)cc1. The number of ether oxygens (including phenoxy) is 2. The van der Waals surface area contributed by atoms with Crippen molar-refractivity contribution in [2.24, 2.45) is 5.92 Å². The van der Waals surface area contributed by atoms with Crippen LogP contribution in [0.5, 0.6) is 5.75 Å². The van der Waals surface area contributed by atoms with Gasteiger partial charge in [-0.2, -0.15) is 0 Å². The number of nitrogens with one attached hydrogen (secondary N) is 2. The maximum absolute atomic E-state index is 12.1. The molecule has 6 heteroatoms. The molecule has 0 saturated carbocycles. The van der Waals surface area contributed by atoms with Crippen molar-refractivity contribution in [3.8, 4) is 5.75 Å². The molecule has 2 aromatic rings. The highest BCUT2D eigenvalue weighted by atomic mass is 16.5. The molecule has 1 amide bonds. The molecule has 0 fully saturated rings. The van der Waals surface area contributed by atoms with Crippen molar-refractivity contribution in [1.82, 2.24) is 0 Å². The van der Waals surface area contributed by atoms with Crippen molar-refractivity contribution >= 4 is 23.3 Å². The van der Waals surface area contributed by atoms with Gasteiger partial charge >= 0.3 is 5.97 Å². The molecular weight excluding hydrogens is 344 g/mol. The summed E-state index contributed by atoms with van der Waals surface area (Å²) in [4.78, 5) is 23.5. The number of carbonyl (C=O) groups excluding carboxylic acids is 2. The van der Waals surface area contributed by atoms with Crippen LogP contribution < -0.4 is 15.4 Å². The first-order chi connectivity index (χ1) is 13.0. The van der Waals surface area contributed by atoms with E-state index in [2.05, 4.69) is 29.2 Å². The van der Waals surface area contributed by atoms with Crippen molar-refractivity contribution in [2.75, 3.05) is 30.9 Å². The number of methoxy groups -OCH3 is 1. The lowest BCUT2D eigenvalue weighted by Crippen LogP contribution is -2.21. The Hall–Kier alpha value is -3.02. The maximum atomic E-state index is 12.1. The Morgan fingerprint density at radius 1 is 1.04 bits per heavy atom. The summed E-state index contributed by atoms with van der Waals surface area (Å²) >= 11 is 0. The molecule has 0 aliphatic carbocycles. The van der Waals surface area contributed by atoms with Crippen LogP contribution in [-0.2, 0) is 9.53 Å². The summed E-state index contributed by atoms with van der Waals surface area (Å²) in [7, 11) is 1.34. The lowest BCUT2D eigenvalue weighted by molar-refractivity contribution is -0.114. The molecule has 0 aromatic heterocycles. The molecule has 2 rings (SSSR count). The van der Waals surface area contributed by atoms with Crippen LogP contribution in [-0.4, -0.2) is 32.1 Å². The second kappa shape index (κ2) is 10.2. The van der Waals surface area contributed by atoms with E-state index in [0.717, 1.165) is 17.9 Å². The molecule has 0 radical (unpaired) electrons. The monoisotopic (exact) mass is 370 g/mol. The molecule has 0 unspecified atom stereocenters. The van der Waals surface area contributed by atoms with Gasteiger partial charge in [0, 0.05) is 17.4 Å². The first-order valence-electron chi connectivity index (χ1n) is 8.93. The fourth-order valence-corrected chi connectivity index (χ4v) is 2.31. The summed E-state index contributed by atoms with van der Waals surface area (Å²) in [6.45, 7) is 5.06. The molecule has 2 N–H and O–H groups in total. The number of anilines is 2. The van der Waals surface area contributed by atoms with E-state index in [1.54, 1.807) is 24.3 Å². The molecule has 0 aliphatic rings. The highest BCUT2D eigenvalue weighted by molar-refractivity contribution is 5.94. The zero-order chi connectivity index (χ0) is 19.6. The van der Waals surface area contributed by atoms with E-state index in [1.165, 1.54) is 7.11 Å². The smallest absolute Gasteiger partial charge is 0.337 e. The predicted octanol–water partition coefficient (Wildman–Crippen LogP) is 3.95. The summed E-state index contributed by atoms with van der Waals surface area (Å²) in [5.74, 6) is 0.751. The van der Waals surface area contributed by atoms with Crippen molar-refractivity contribution in [1.29, 1.82) is 0 Å². The molecule has 27 heavy (non-hydrogen) atoms. The lowest BCUT2D eigenvalue weighted by Gasteiger charge is -2.11. The molecule has 6 nitrogen and oxygen atoms in total. The third-order valence-electron chi connectivity index (χ3n) is 3.84. The molecule has 0 saturated heterocycles. The standard InChI is InChI=1S/C21H26N2O4/c1-15(2)11-12-27-19-6-4-5-18(13-19)23-20(24)14-22-17-9-7-16(8-10-17)21(25)26-3/h4-10,13,15,22H,11-12,14H2,1-3H3,(H,23,24). The summed E-state index contributed by atoms with van der Waals surface area (Å²) in [6.07, 6.45) is 0.981. The van der Waals surface area contributed by atoms with E-state index in [4.69, 9.17) is 4.74 Å². The van der Waals surface area contributed by atoms with Gasteiger partial charge in [-0.3, -0.25) is 4.79 Å². The van der Waals surface area contributed by atoms with Crippen LogP contribution in [0.1, 0.15) is 30.6 Å². The third-order valence-corrected chi connectivity index (χ3v) is 3.84. The molecule has 0 bridgehead atoms. The second-order valence-electron chi connectivity index (χ2n) is 6.53. The first kappa shape index (κ1) is 20.3. The van der Waals surface area contributed by atoms with E-state index < -0.39 is 5.97 Å². The zero-order valence-electron chi connectivity index (χ0n) is 16.0. The molecule has 0 spiro atoms. The Morgan fingerprint density at radius 3 is 2.44 bits per heavy atom. The second-order valence-corrected chi connectivity index (χ2v) is 6.53. The number of hydrogen-bond donors (Lipinski definition) is 2. The quantitative estimate of drug-likeness (QED) is 0.654. The van der Waals surface area contributed by atoms with Crippen molar-refractivity contribution in [2.45, 2.75) is 20.3 Å². The van der Waals surface area contributed by atoms with Crippen LogP contribution in [0.15, 0.2) is 48.5 Å². The topological polar surface area (TPSA) is 76.7 Å². The van der Waals surface area contributed by atoms with Gasteiger partial charge in [-0.05, 0) is 48.7 Å². The van der Waals surface area contributed by atoms with Gasteiger partial charge in [0.2, 0.25) is 5.91 Å². The van der Waals surface area contributed by atoms with Crippen LogP contribution in [0.2, 0.25) is 0 Å². The Bertz CT molecular complexity index is 757. The minimum absolute atomic E-state index is 0.107. The van der Waals surface area contributed by atoms with Gasteiger partial charge in [-0.25, -0.2) is 4.79 Å². The Labute approximate surface area is 159 Å². The Balaban J connectivity index is 1.82. The van der Waals surface area contributed by atoms with Crippen LogP contribution in [0, 0.1) is 5.92 Å². The van der Waals surface area contributed by atoms with Gasteiger partial charge in [-0.15, -0.1) is 0 Å². The van der Waals surface area contributed by atoms with E-state index >= 15 is 0 Å². The maximum Gasteiger partial charge on any atom is 0.337 e. The Kier molecular flexibility index (Phi) is 7.67. The van der Waals surface area contributed by atoms with Crippen LogP contribution >= 0.6 is 0 Å². The van der Waals surface area contributed by atoms with Crippen LogP contribution in [0.25, 0.3) is 0 Å². The number of hydrogen-bond acceptors (Lipinski definition) is 5. The zero-order valence-corrected chi connectivity index (χ0v) is 16.0. The van der Waals surface area contributed by atoms with Gasteiger partial charge in [0.05, 0.1) is 25.8 Å². The predicted molar refractivity (Wildman–Crippen MR) is 106 cm³/mol. The van der Waals surface area contributed by atoms with Crippen molar-refractivity contribution < 1.29 is 19.1 Å². The van der Waals surface area contributed by atoms with Crippen molar-refractivity contribution in [3.05, 3.63) is 54.1 Å². The van der Waals surface area contributed by atoms with E-state index in [1.807, 2.05) is 24.3 Å². The summed E-state index contributed by atoms with van der Waals surface area (Å²) < 4.78 is 10.4. The third kappa shape index (κ3) is 7.01. The molecule has 2 aromatic carbocycles. The molecule has 0 heterocycles. The van der Waals surface area contributed by atoms with Gasteiger partial charge in [-0.1, -0.05) is 19.9 Å². The Morgan fingerprint density at radius 2 is 1.78 bits per heavy atom. The van der Waals surface area contributed by atoms with E-state index in [-0.39, 0.29) is 12.5 Å². The number of benzene rings is 2. The number of carbonyl (C=O) groups is 2. The molecule has 0 aliphatic heterocycles. The number of amides is 1. The van der Waals surface area contributed by atoms with Crippen LogP contribution in [0.4, 0.5) is 11.4 Å². The molecular formula is C21H26N2O4. The average molecular weight is 370 g/mol. The fraction of sp³-hybridized carbons (Fsp3) is 0.333. The largest absolute Gasteiger partial charge is 0.494 e. The van der Waals surface area contributed by atoms with Crippen molar-refractivity contribution in [3.63, 3.8) is 0 Å².